The Morgan fingerprint density at radius 3 is 2.88 bits per heavy atom. The highest BCUT2D eigenvalue weighted by molar-refractivity contribution is 4.81. The smallest absolute Gasteiger partial charge is 0.285 e. The Kier molecular flexibility index (Phi) is 1.07. The van der Waals surface area contributed by atoms with E-state index >= 15 is 0 Å². The van der Waals surface area contributed by atoms with Crippen molar-refractivity contribution in [2.45, 2.75) is 0 Å². The Morgan fingerprint density at radius 2 is 2.62 bits per heavy atom. The van der Waals surface area contributed by atoms with Crippen molar-refractivity contribution in [2.24, 2.45) is 0 Å². The molecule has 0 saturated heterocycles. The number of hydrogen-bond acceptors (Lipinski definition) is 2. The molecule has 1 rings (SSSR count). The summed E-state index contributed by atoms with van der Waals surface area (Å²) in [7, 11) is 1.66. The SMILES string of the molecule is CNn1[nH]ccc1=O. The predicted octanol–water partition coefficient (Wildman–Crippen LogP) is -0.650. The fraction of sp³-hybridized carbons (Fsp3) is 0.250. The Bertz CT molecular complexity index is 211. The van der Waals surface area contributed by atoms with E-state index in [2.05, 4.69) is 10.5 Å². The van der Waals surface area contributed by atoms with Crippen molar-refractivity contribution < 1.29 is 0 Å². The van der Waals surface area contributed by atoms with Gasteiger partial charge in [0.05, 0.1) is 0 Å². The van der Waals surface area contributed by atoms with Crippen LogP contribution in [0.25, 0.3) is 0 Å². The van der Waals surface area contributed by atoms with Crippen LogP contribution in [0, 0.1) is 0 Å². The molecule has 0 unspecified atom stereocenters. The third-order valence-corrected chi connectivity index (χ3v) is 0.874. The predicted molar refractivity (Wildman–Crippen MR) is 30.3 cm³/mol. The van der Waals surface area contributed by atoms with Crippen molar-refractivity contribution in [3.63, 3.8) is 0 Å². The lowest BCUT2D eigenvalue weighted by molar-refractivity contribution is 0.755. The maximum absolute atomic E-state index is 10.5. The maximum Gasteiger partial charge on any atom is 0.285 e. The number of aromatic amines is 1. The highest BCUT2D eigenvalue weighted by atomic mass is 16.1. The van der Waals surface area contributed by atoms with Crippen LogP contribution in [0.5, 0.6) is 0 Å². The first-order valence-electron chi connectivity index (χ1n) is 2.29. The molecule has 1 aromatic rings. The summed E-state index contributed by atoms with van der Waals surface area (Å²) < 4.78 is 0. The van der Waals surface area contributed by atoms with E-state index in [1.54, 1.807) is 13.2 Å². The lowest BCUT2D eigenvalue weighted by Gasteiger charge is -1.93. The minimum Gasteiger partial charge on any atom is -0.311 e. The maximum atomic E-state index is 10.5. The number of aromatic nitrogens is 2. The molecular formula is C4H7N3O. The van der Waals surface area contributed by atoms with Crippen LogP contribution in [0.1, 0.15) is 0 Å². The van der Waals surface area contributed by atoms with Gasteiger partial charge in [0.25, 0.3) is 5.56 Å². The van der Waals surface area contributed by atoms with Crippen LogP contribution in [-0.2, 0) is 0 Å². The van der Waals surface area contributed by atoms with Crippen LogP contribution < -0.4 is 11.0 Å². The molecule has 0 spiro atoms. The van der Waals surface area contributed by atoms with E-state index in [0.29, 0.717) is 0 Å². The van der Waals surface area contributed by atoms with Crippen molar-refractivity contribution in [3.8, 4) is 0 Å². The van der Waals surface area contributed by atoms with E-state index in [1.165, 1.54) is 10.9 Å². The molecule has 8 heavy (non-hydrogen) atoms. The molecular weight excluding hydrogens is 106 g/mol. The molecule has 4 nitrogen and oxygen atoms in total. The summed E-state index contributed by atoms with van der Waals surface area (Å²) in [6.45, 7) is 0. The second-order valence-corrected chi connectivity index (χ2v) is 1.36. The third-order valence-electron chi connectivity index (χ3n) is 0.874. The Hall–Kier alpha value is -1.19. The molecule has 0 fully saturated rings. The fourth-order valence-electron chi connectivity index (χ4n) is 0.496. The molecule has 0 aromatic carbocycles. The van der Waals surface area contributed by atoms with Crippen LogP contribution in [-0.4, -0.2) is 16.9 Å². The topological polar surface area (TPSA) is 49.8 Å². The summed E-state index contributed by atoms with van der Waals surface area (Å²) in [6.07, 6.45) is 1.57. The summed E-state index contributed by atoms with van der Waals surface area (Å²) in [5.41, 5.74) is 2.55. The lowest BCUT2D eigenvalue weighted by atomic mass is 10.7. The summed E-state index contributed by atoms with van der Waals surface area (Å²) in [5, 5.41) is 2.65. The number of nitrogens with zero attached hydrogens (tertiary/aromatic N) is 1. The standard InChI is InChI=1S/C4H7N3O/c1-5-7-4(8)2-3-6-7/h2-3,5-6H,1H3. The van der Waals surface area contributed by atoms with E-state index in [-0.39, 0.29) is 5.56 Å². The highest BCUT2D eigenvalue weighted by Crippen LogP contribution is 1.63. The molecule has 44 valence electrons. The normalized spacial score (nSPS) is 9.12. The molecule has 4 heteroatoms. The van der Waals surface area contributed by atoms with Crippen molar-refractivity contribution >= 4 is 0 Å². The van der Waals surface area contributed by atoms with Gasteiger partial charge >= 0.3 is 0 Å². The average Bonchev–Trinajstić information content (AvgIpc) is 2.14. The molecule has 2 N–H and O–H groups in total. The zero-order valence-electron chi connectivity index (χ0n) is 4.51. The zero-order chi connectivity index (χ0) is 5.98. The van der Waals surface area contributed by atoms with Crippen molar-refractivity contribution in [1.82, 2.24) is 9.89 Å². The number of rotatable bonds is 1. The summed E-state index contributed by atoms with van der Waals surface area (Å²) in [4.78, 5) is 11.8. The Labute approximate surface area is 46.1 Å². The first-order chi connectivity index (χ1) is 3.84. The van der Waals surface area contributed by atoms with Crippen LogP contribution in [0.15, 0.2) is 17.1 Å². The quantitative estimate of drug-likeness (QED) is 0.508. The fourth-order valence-corrected chi connectivity index (χ4v) is 0.496. The second kappa shape index (κ2) is 1.73. The number of hydrogen-bond donors (Lipinski definition) is 2. The number of nitrogens with one attached hydrogen (secondary N) is 2. The lowest BCUT2D eigenvalue weighted by Crippen LogP contribution is -2.23. The van der Waals surface area contributed by atoms with Gasteiger partial charge in [-0.3, -0.25) is 9.89 Å². The number of H-pyrrole nitrogens is 1. The van der Waals surface area contributed by atoms with Crippen LogP contribution in [0.4, 0.5) is 0 Å². The van der Waals surface area contributed by atoms with E-state index in [4.69, 9.17) is 0 Å². The van der Waals surface area contributed by atoms with Gasteiger partial charge in [0.15, 0.2) is 0 Å². The summed E-state index contributed by atoms with van der Waals surface area (Å²) >= 11 is 0. The van der Waals surface area contributed by atoms with Gasteiger partial charge in [0.1, 0.15) is 0 Å². The first kappa shape index (κ1) is 4.96. The molecule has 1 heterocycles. The molecule has 0 aliphatic carbocycles. The average molecular weight is 113 g/mol. The second-order valence-electron chi connectivity index (χ2n) is 1.36. The van der Waals surface area contributed by atoms with E-state index < -0.39 is 0 Å². The molecule has 0 radical (unpaired) electrons. The van der Waals surface area contributed by atoms with Gasteiger partial charge in [0, 0.05) is 19.3 Å². The molecule has 0 aliphatic heterocycles. The molecule has 0 aliphatic rings. The molecule has 0 atom stereocenters. The minimum absolute atomic E-state index is 0.0764. The summed E-state index contributed by atoms with van der Waals surface area (Å²) in [5.74, 6) is 0. The Morgan fingerprint density at radius 1 is 1.88 bits per heavy atom. The largest absolute Gasteiger partial charge is 0.311 e. The zero-order valence-corrected chi connectivity index (χ0v) is 4.51. The highest BCUT2D eigenvalue weighted by Gasteiger charge is 1.85. The Balaban J connectivity index is 3.11. The molecule has 0 saturated carbocycles. The van der Waals surface area contributed by atoms with Crippen molar-refractivity contribution in [2.75, 3.05) is 12.5 Å². The molecule has 0 bridgehead atoms. The molecule has 0 amide bonds. The van der Waals surface area contributed by atoms with Gasteiger partial charge in [-0.25, -0.2) is 0 Å². The first-order valence-corrected chi connectivity index (χ1v) is 2.29. The van der Waals surface area contributed by atoms with Gasteiger partial charge < -0.3 is 5.43 Å². The molecule has 1 aromatic heterocycles. The minimum atomic E-state index is -0.0764. The van der Waals surface area contributed by atoms with Crippen molar-refractivity contribution in [1.29, 1.82) is 0 Å². The van der Waals surface area contributed by atoms with Crippen molar-refractivity contribution in [3.05, 3.63) is 22.6 Å². The van der Waals surface area contributed by atoms with Crippen LogP contribution in [0.3, 0.4) is 0 Å². The van der Waals surface area contributed by atoms with E-state index in [0.717, 1.165) is 0 Å². The summed E-state index contributed by atoms with van der Waals surface area (Å²) in [6, 6.07) is 1.44. The van der Waals surface area contributed by atoms with Gasteiger partial charge in [-0.1, -0.05) is 0 Å². The van der Waals surface area contributed by atoms with Crippen LogP contribution >= 0.6 is 0 Å². The third kappa shape index (κ3) is 0.598. The van der Waals surface area contributed by atoms with E-state index in [1.807, 2.05) is 0 Å². The van der Waals surface area contributed by atoms with Gasteiger partial charge in [0.2, 0.25) is 0 Å². The van der Waals surface area contributed by atoms with Gasteiger partial charge in [-0.05, 0) is 0 Å². The van der Waals surface area contributed by atoms with Crippen LogP contribution in [0.2, 0.25) is 0 Å². The monoisotopic (exact) mass is 113 g/mol. The van der Waals surface area contributed by atoms with E-state index in [9.17, 15) is 4.79 Å². The van der Waals surface area contributed by atoms with Gasteiger partial charge in [-0.15, -0.1) is 0 Å². The van der Waals surface area contributed by atoms with Gasteiger partial charge in [-0.2, -0.15) is 4.79 Å².